The van der Waals surface area contributed by atoms with Crippen LogP contribution in [0.2, 0.25) is 0 Å². The van der Waals surface area contributed by atoms with E-state index in [1.165, 1.54) is 30.5 Å². The minimum Gasteiger partial charge on any atom is -0.406 e. The van der Waals surface area contributed by atoms with Gasteiger partial charge in [0.15, 0.2) is 6.29 Å². The number of anilines is 1. The van der Waals surface area contributed by atoms with Gasteiger partial charge in [-0.05, 0) is 23.8 Å². The first-order valence-corrected chi connectivity index (χ1v) is 5.95. The molecule has 7 heteroatoms. The molecule has 0 aliphatic heterocycles. The molecule has 0 saturated heterocycles. The van der Waals surface area contributed by atoms with Gasteiger partial charge in [-0.25, -0.2) is 0 Å². The Labute approximate surface area is 118 Å². The van der Waals surface area contributed by atoms with Gasteiger partial charge in [0.05, 0.1) is 5.69 Å². The number of halogens is 3. The van der Waals surface area contributed by atoms with Crippen LogP contribution in [0.3, 0.4) is 0 Å². The van der Waals surface area contributed by atoms with Gasteiger partial charge in [0, 0.05) is 24.5 Å². The van der Waals surface area contributed by atoms with Crippen LogP contribution in [0.25, 0.3) is 0 Å². The predicted octanol–water partition coefficient (Wildman–Crippen LogP) is 3.40. The van der Waals surface area contributed by atoms with Crippen LogP contribution < -0.4 is 10.1 Å². The van der Waals surface area contributed by atoms with Crippen molar-refractivity contribution >= 4 is 12.0 Å². The molecule has 1 heterocycles. The number of aromatic nitrogens is 1. The molecule has 0 amide bonds. The number of ether oxygens (including phenoxy) is 1. The van der Waals surface area contributed by atoms with Gasteiger partial charge >= 0.3 is 6.36 Å². The fourth-order valence-corrected chi connectivity index (χ4v) is 1.63. The number of benzene rings is 1. The number of rotatable bonds is 5. The van der Waals surface area contributed by atoms with Gasteiger partial charge in [0.2, 0.25) is 0 Å². The van der Waals surface area contributed by atoms with Crippen LogP contribution in [-0.2, 0) is 6.54 Å². The fraction of sp³-hybridized carbons (Fsp3) is 0.143. The highest BCUT2D eigenvalue weighted by molar-refractivity contribution is 5.76. The number of hydrogen-bond donors (Lipinski definition) is 1. The van der Waals surface area contributed by atoms with E-state index in [2.05, 4.69) is 15.0 Å². The van der Waals surface area contributed by atoms with E-state index in [1.807, 2.05) is 0 Å². The topological polar surface area (TPSA) is 51.2 Å². The Balaban J connectivity index is 1.95. The number of hydrogen-bond acceptors (Lipinski definition) is 4. The molecule has 21 heavy (non-hydrogen) atoms. The average Bonchev–Trinajstić information content (AvgIpc) is 2.45. The maximum atomic E-state index is 12.0. The smallest absolute Gasteiger partial charge is 0.406 e. The van der Waals surface area contributed by atoms with Crippen molar-refractivity contribution in [2.75, 3.05) is 5.32 Å². The van der Waals surface area contributed by atoms with Gasteiger partial charge < -0.3 is 10.1 Å². The van der Waals surface area contributed by atoms with Crippen molar-refractivity contribution in [3.05, 3.63) is 53.9 Å². The Morgan fingerprint density at radius 3 is 2.52 bits per heavy atom. The van der Waals surface area contributed by atoms with Crippen molar-refractivity contribution in [2.24, 2.45) is 0 Å². The average molecular weight is 296 g/mol. The van der Waals surface area contributed by atoms with E-state index in [4.69, 9.17) is 0 Å². The molecule has 1 aromatic carbocycles. The van der Waals surface area contributed by atoms with Crippen molar-refractivity contribution in [2.45, 2.75) is 12.9 Å². The Kier molecular flexibility index (Phi) is 4.42. The van der Waals surface area contributed by atoms with E-state index in [9.17, 15) is 18.0 Å². The lowest BCUT2D eigenvalue weighted by molar-refractivity contribution is -0.274. The zero-order valence-corrected chi connectivity index (χ0v) is 10.7. The molecule has 2 aromatic rings. The summed E-state index contributed by atoms with van der Waals surface area (Å²) in [7, 11) is 0. The summed E-state index contributed by atoms with van der Waals surface area (Å²) in [5, 5.41) is 3.02. The summed E-state index contributed by atoms with van der Waals surface area (Å²) in [6.45, 7) is 0.385. The second kappa shape index (κ2) is 6.25. The number of pyridine rings is 1. The molecule has 1 aromatic heterocycles. The molecule has 110 valence electrons. The normalized spacial score (nSPS) is 11.0. The number of carbonyl (C=O) groups is 1. The van der Waals surface area contributed by atoms with Crippen LogP contribution in [0.4, 0.5) is 18.9 Å². The summed E-state index contributed by atoms with van der Waals surface area (Å²) in [4.78, 5) is 14.5. The monoisotopic (exact) mass is 296 g/mol. The van der Waals surface area contributed by atoms with E-state index < -0.39 is 6.36 Å². The van der Waals surface area contributed by atoms with Gasteiger partial charge in [-0.3, -0.25) is 9.78 Å². The van der Waals surface area contributed by atoms with Crippen LogP contribution >= 0.6 is 0 Å². The number of nitrogens with one attached hydrogen (secondary N) is 1. The minimum atomic E-state index is -4.69. The summed E-state index contributed by atoms with van der Waals surface area (Å²) < 4.78 is 39.8. The third kappa shape index (κ3) is 4.79. The molecule has 0 spiro atoms. The molecule has 2 rings (SSSR count). The Bertz CT molecular complexity index is 612. The molecule has 0 unspecified atom stereocenters. The highest BCUT2D eigenvalue weighted by Gasteiger charge is 2.30. The molecule has 0 aliphatic rings. The molecule has 0 saturated carbocycles. The van der Waals surface area contributed by atoms with Crippen molar-refractivity contribution < 1.29 is 22.7 Å². The largest absolute Gasteiger partial charge is 0.573 e. The molecule has 0 fully saturated rings. The van der Waals surface area contributed by atoms with Gasteiger partial charge in [-0.15, -0.1) is 13.2 Å². The summed E-state index contributed by atoms with van der Waals surface area (Å²) in [5.41, 5.74) is 1.85. The van der Waals surface area contributed by atoms with Crippen LogP contribution in [0.15, 0.2) is 42.7 Å². The Hall–Kier alpha value is -2.57. The van der Waals surface area contributed by atoms with Crippen molar-refractivity contribution in [1.29, 1.82) is 0 Å². The van der Waals surface area contributed by atoms with Crippen LogP contribution in [0.1, 0.15) is 15.9 Å². The second-order valence-electron chi connectivity index (χ2n) is 4.17. The lowest BCUT2D eigenvalue weighted by Crippen LogP contribution is -2.17. The number of carbonyl (C=O) groups excluding carboxylic acids is 1. The first-order chi connectivity index (χ1) is 9.96. The summed E-state index contributed by atoms with van der Waals surface area (Å²) >= 11 is 0. The quantitative estimate of drug-likeness (QED) is 0.859. The van der Waals surface area contributed by atoms with Gasteiger partial charge in [0.1, 0.15) is 5.75 Å². The third-order valence-electron chi connectivity index (χ3n) is 2.55. The maximum absolute atomic E-state index is 12.0. The van der Waals surface area contributed by atoms with E-state index in [0.29, 0.717) is 24.1 Å². The first-order valence-electron chi connectivity index (χ1n) is 5.95. The summed E-state index contributed by atoms with van der Waals surface area (Å²) in [6, 6.07) is 7.15. The summed E-state index contributed by atoms with van der Waals surface area (Å²) in [6.07, 6.45) is -1.03. The zero-order valence-electron chi connectivity index (χ0n) is 10.7. The molecular formula is C14H11F3N2O2. The third-order valence-corrected chi connectivity index (χ3v) is 2.55. The SMILES string of the molecule is O=Cc1cncc(NCc2ccc(OC(F)(F)F)cc2)c1. The molecule has 0 aliphatic carbocycles. The Morgan fingerprint density at radius 1 is 1.19 bits per heavy atom. The van der Waals surface area contributed by atoms with Crippen LogP contribution in [-0.4, -0.2) is 17.6 Å². The fourth-order valence-electron chi connectivity index (χ4n) is 1.63. The predicted molar refractivity (Wildman–Crippen MR) is 70.1 cm³/mol. The minimum absolute atomic E-state index is 0.268. The van der Waals surface area contributed by atoms with Crippen LogP contribution in [0.5, 0.6) is 5.75 Å². The molecule has 4 nitrogen and oxygen atoms in total. The lowest BCUT2D eigenvalue weighted by Gasteiger charge is -2.10. The van der Waals surface area contributed by atoms with Crippen LogP contribution in [0, 0.1) is 0 Å². The number of alkyl halides is 3. The van der Waals surface area contributed by atoms with E-state index >= 15 is 0 Å². The standard InChI is InChI=1S/C14H11F3N2O2/c15-14(16,17)21-13-3-1-10(2-4-13)7-19-12-5-11(9-20)6-18-8-12/h1-6,8-9,19H,7H2. The zero-order chi connectivity index (χ0) is 15.3. The Morgan fingerprint density at radius 2 is 1.90 bits per heavy atom. The molecule has 0 radical (unpaired) electrons. The van der Waals surface area contributed by atoms with Crippen molar-refractivity contribution in [1.82, 2.24) is 4.98 Å². The first kappa shape index (κ1) is 14.8. The van der Waals surface area contributed by atoms with Crippen molar-refractivity contribution in [3.63, 3.8) is 0 Å². The molecule has 0 bridgehead atoms. The highest BCUT2D eigenvalue weighted by Crippen LogP contribution is 2.23. The molecular weight excluding hydrogens is 285 g/mol. The maximum Gasteiger partial charge on any atom is 0.573 e. The van der Waals surface area contributed by atoms with Crippen molar-refractivity contribution in [3.8, 4) is 5.75 Å². The molecule has 1 N–H and O–H groups in total. The van der Waals surface area contributed by atoms with Gasteiger partial charge in [0.25, 0.3) is 0 Å². The second-order valence-corrected chi connectivity index (χ2v) is 4.17. The summed E-state index contributed by atoms with van der Waals surface area (Å²) in [5.74, 6) is -0.268. The van der Waals surface area contributed by atoms with E-state index in [-0.39, 0.29) is 5.75 Å². The number of nitrogens with zero attached hydrogens (tertiary/aromatic N) is 1. The highest BCUT2D eigenvalue weighted by atomic mass is 19.4. The lowest BCUT2D eigenvalue weighted by atomic mass is 10.2. The van der Waals surface area contributed by atoms with Gasteiger partial charge in [-0.1, -0.05) is 12.1 Å². The molecule has 0 atom stereocenters. The van der Waals surface area contributed by atoms with Gasteiger partial charge in [-0.2, -0.15) is 0 Å². The number of aldehydes is 1. The van der Waals surface area contributed by atoms with E-state index in [1.54, 1.807) is 12.3 Å². The van der Waals surface area contributed by atoms with E-state index in [0.717, 1.165) is 5.56 Å².